The van der Waals surface area contributed by atoms with E-state index in [1.54, 1.807) is 25.2 Å². The fraction of sp³-hybridized carbons (Fsp3) is 0.208. The number of methoxy groups -OCH3 is 1. The molecule has 0 amide bonds. The highest BCUT2D eigenvalue weighted by atomic mass is 19.1. The molecule has 0 aromatic heterocycles. The number of carboxylic acid groups (broad SMARTS) is 1. The first-order valence-corrected chi connectivity index (χ1v) is 9.73. The molecule has 1 aliphatic heterocycles. The van der Waals surface area contributed by atoms with E-state index in [9.17, 15) is 23.5 Å². The zero-order valence-corrected chi connectivity index (χ0v) is 17.8. The number of carbonyl (C=O) groups excluding carboxylic acids is 1. The highest BCUT2D eigenvalue weighted by Gasteiger charge is 2.30. The maximum Gasteiger partial charge on any atom is 0.305 e. The molecule has 2 aromatic carbocycles. The van der Waals surface area contributed by atoms with E-state index in [-0.39, 0.29) is 5.75 Å². The average molecular weight is 440 g/mol. The van der Waals surface area contributed by atoms with Gasteiger partial charge in [0.25, 0.3) is 0 Å². The maximum atomic E-state index is 14.8. The van der Waals surface area contributed by atoms with Crippen molar-refractivity contribution in [2.45, 2.75) is 12.5 Å². The number of aldehydes is 1. The molecule has 166 valence electrons. The van der Waals surface area contributed by atoms with Gasteiger partial charge >= 0.3 is 5.97 Å². The van der Waals surface area contributed by atoms with Crippen LogP contribution in [0.5, 0.6) is 5.75 Å². The van der Waals surface area contributed by atoms with Crippen molar-refractivity contribution >= 4 is 23.5 Å². The van der Waals surface area contributed by atoms with Crippen LogP contribution in [-0.4, -0.2) is 55.2 Å². The van der Waals surface area contributed by atoms with E-state index < -0.39 is 30.1 Å². The first-order valence-electron chi connectivity index (χ1n) is 9.73. The molecular formula is C24H22F2N2O4. The fourth-order valence-electron chi connectivity index (χ4n) is 3.59. The number of halogens is 2. The normalized spacial score (nSPS) is 18.0. The summed E-state index contributed by atoms with van der Waals surface area (Å²) < 4.78 is 33.5. The first-order chi connectivity index (χ1) is 15.2. The predicted molar refractivity (Wildman–Crippen MR) is 117 cm³/mol. The van der Waals surface area contributed by atoms with Crippen LogP contribution in [0.15, 0.2) is 59.2 Å². The van der Waals surface area contributed by atoms with Crippen LogP contribution in [0.2, 0.25) is 0 Å². The molecule has 0 radical (unpaired) electrons. The molecule has 2 aromatic rings. The quantitative estimate of drug-likeness (QED) is 0.548. The summed E-state index contributed by atoms with van der Waals surface area (Å²) in [5.74, 6) is -2.22. The number of ether oxygens (including phenoxy) is 1. The number of fused-ring (bicyclic) bond motifs is 1. The number of aliphatic carboxylic acids is 1. The van der Waals surface area contributed by atoms with Crippen molar-refractivity contribution in [2.75, 3.05) is 21.2 Å². The van der Waals surface area contributed by atoms with Crippen LogP contribution >= 0.6 is 0 Å². The van der Waals surface area contributed by atoms with Crippen LogP contribution in [0.3, 0.4) is 0 Å². The smallest absolute Gasteiger partial charge is 0.305 e. The molecular weight excluding hydrogens is 418 g/mol. The van der Waals surface area contributed by atoms with Crippen LogP contribution in [-0.2, 0) is 9.59 Å². The summed E-state index contributed by atoms with van der Waals surface area (Å²) in [6.07, 6.45) is 3.07. The van der Waals surface area contributed by atoms with E-state index in [0.29, 0.717) is 39.8 Å². The van der Waals surface area contributed by atoms with Gasteiger partial charge in [0.05, 0.1) is 25.3 Å². The number of hydrogen-bond donors (Lipinski definition) is 1. The summed E-state index contributed by atoms with van der Waals surface area (Å²) in [7, 11) is 4.84. The van der Waals surface area contributed by atoms with Crippen molar-refractivity contribution < 1.29 is 28.2 Å². The average Bonchev–Trinajstić information content (AvgIpc) is 2.84. The van der Waals surface area contributed by atoms with Gasteiger partial charge in [0.15, 0.2) is 11.6 Å². The van der Waals surface area contributed by atoms with Crippen molar-refractivity contribution in [1.82, 2.24) is 4.90 Å². The molecule has 0 spiro atoms. The number of carboxylic acids is 1. The predicted octanol–water partition coefficient (Wildman–Crippen LogP) is 3.70. The van der Waals surface area contributed by atoms with Crippen LogP contribution < -0.4 is 4.74 Å². The Balaban J connectivity index is 2.44. The van der Waals surface area contributed by atoms with E-state index in [0.717, 1.165) is 0 Å². The van der Waals surface area contributed by atoms with E-state index >= 15 is 0 Å². The Morgan fingerprint density at radius 1 is 1.19 bits per heavy atom. The molecule has 0 fully saturated rings. The molecule has 1 heterocycles. The zero-order valence-electron chi connectivity index (χ0n) is 17.8. The highest BCUT2D eigenvalue weighted by Crippen LogP contribution is 2.38. The number of allylic oxidation sites excluding steroid dienone is 1. The Morgan fingerprint density at radius 3 is 2.44 bits per heavy atom. The molecule has 0 unspecified atom stereocenters. The number of nitrogens with zero attached hydrogens (tertiary/aromatic N) is 2. The monoisotopic (exact) mass is 440 g/mol. The maximum absolute atomic E-state index is 14.8. The minimum atomic E-state index is -1.12. The van der Waals surface area contributed by atoms with Crippen molar-refractivity contribution in [1.29, 1.82) is 0 Å². The molecule has 32 heavy (non-hydrogen) atoms. The molecule has 6 nitrogen and oxygen atoms in total. The van der Waals surface area contributed by atoms with E-state index in [2.05, 4.69) is 4.99 Å². The first kappa shape index (κ1) is 22.9. The highest BCUT2D eigenvalue weighted by molar-refractivity contribution is 6.17. The Kier molecular flexibility index (Phi) is 6.82. The zero-order chi connectivity index (χ0) is 23.4. The van der Waals surface area contributed by atoms with Gasteiger partial charge in [-0.05, 0) is 53.6 Å². The van der Waals surface area contributed by atoms with Crippen LogP contribution in [0.1, 0.15) is 23.1 Å². The molecule has 0 saturated heterocycles. The molecule has 3 rings (SSSR count). The summed E-state index contributed by atoms with van der Waals surface area (Å²) in [4.78, 5) is 29.5. The van der Waals surface area contributed by atoms with Crippen LogP contribution in [0, 0.1) is 11.6 Å². The Labute approximate surface area is 184 Å². The largest absolute Gasteiger partial charge is 0.494 e. The second-order valence-electron chi connectivity index (χ2n) is 7.40. The summed E-state index contributed by atoms with van der Waals surface area (Å²) >= 11 is 0. The Morgan fingerprint density at radius 2 is 1.88 bits per heavy atom. The molecule has 0 aliphatic carbocycles. The van der Waals surface area contributed by atoms with Gasteiger partial charge in [0, 0.05) is 37.0 Å². The molecule has 0 bridgehead atoms. The van der Waals surface area contributed by atoms with Gasteiger partial charge in [0.2, 0.25) is 0 Å². The number of aliphatic imine (C=N–C) groups is 1. The lowest BCUT2D eigenvalue weighted by molar-refractivity contribution is -0.137. The van der Waals surface area contributed by atoms with Crippen molar-refractivity contribution in [3.8, 4) is 5.75 Å². The fourth-order valence-corrected chi connectivity index (χ4v) is 3.59. The lowest BCUT2D eigenvalue weighted by Gasteiger charge is -2.19. The SMILES string of the molecule is COc1cc2c(cc1F)C(=C/N(C)C)/C(=C\C=O)[C@H](CC(=O)O)N=C2c1ccc(F)cc1. The van der Waals surface area contributed by atoms with Crippen LogP contribution in [0.4, 0.5) is 8.78 Å². The second-order valence-corrected chi connectivity index (χ2v) is 7.40. The lowest BCUT2D eigenvalue weighted by atomic mass is 9.88. The lowest BCUT2D eigenvalue weighted by Crippen LogP contribution is -2.17. The summed E-state index contributed by atoms with van der Waals surface area (Å²) in [5.41, 5.74) is 2.50. The summed E-state index contributed by atoms with van der Waals surface area (Å²) in [6.45, 7) is 0. The third-order valence-corrected chi connectivity index (χ3v) is 4.91. The third kappa shape index (κ3) is 4.74. The Bertz CT molecular complexity index is 1140. The molecule has 1 N–H and O–H groups in total. The minimum absolute atomic E-state index is 0.0274. The van der Waals surface area contributed by atoms with Crippen molar-refractivity contribution in [3.63, 3.8) is 0 Å². The Hall–Kier alpha value is -3.81. The van der Waals surface area contributed by atoms with Crippen molar-refractivity contribution in [3.05, 3.63) is 82.6 Å². The van der Waals surface area contributed by atoms with Gasteiger partial charge in [-0.15, -0.1) is 0 Å². The number of benzene rings is 2. The summed E-state index contributed by atoms with van der Waals surface area (Å²) in [5, 5.41) is 9.50. The van der Waals surface area contributed by atoms with Crippen LogP contribution in [0.25, 0.3) is 5.57 Å². The second kappa shape index (κ2) is 9.55. The van der Waals surface area contributed by atoms with Crippen molar-refractivity contribution in [2.24, 2.45) is 4.99 Å². The number of hydrogen-bond acceptors (Lipinski definition) is 5. The topological polar surface area (TPSA) is 79.2 Å². The van der Waals surface area contributed by atoms with Gasteiger partial charge in [-0.3, -0.25) is 14.6 Å². The third-order valence-electron chi connectivity index (χ3n) is 4.91. The van der Waals surface area contributed by atoms with Gasteiger partial charge < -0.3 is 14.7 Å². The standard InChI is InChI=1S/C24H22F2N2O4/c1-28(2)13-19-16(8-9-29)21(12-23(30)31)27-24(14-4-6-15(25)7-5-14)18-11-22(32-3)20(26)10-17(18)19/h4-11,13,21H,12H2,1-3H3,(H,30,31)/b16-8+,19-13+/t21-/m0/s1. The van der Waals surface area contributed by atoms with Gasteiger partial charge in [-0.25, -0.2) is 8.78 Å². The molecule has 1 atom stereocenters. The molecule has 1 aliphatic rings. The molecule has 8 heteroatoms. The van der Waals surface area contributed by atoms with Gasteiger partial charge in [0.1, 0.15) is 12.1 Å². The van der Waals surface area contributed by atoms with E-state index in [4.69, 9.17) is 4.74 Å². The number of rotatable bonds is 6. The number of carbonyl (C=O) groups is 2. The van der Waals surface area contributed by atoms with E-state index in [1.165, 1.54) is 49.6 Å². The van der Waals surface area contributed by atoms with Gasteiger partial charge in [-0.1, -0.05) is 0 Å². The van der Waals surface area contributed by atoms with E-state index in [1.807, 2.05) is 0 Å². The minimum Gasteiger partial charge on any atom is -0.494 e. The summed E-state index contributed by atoms with van der Waals surface area (Å²) in [6, 6.07) is 7.33. The molecule has 0 saturated carbocycles. The van der Waals surface area contributed by atoms with Gasteiger partial charge in [-0.2, -0.15) is 0 Å².